The minimum atomic E-state index is -0.403. The van der Waals surface area contributed by atoms with Crippen molar-refractivity contribution in [1.82, 2.24) is 9.80 Å². The zero-order valence-corrected chi connectivity index (χ0v) is 11.9. The standard InChI is InChI=1S/C16H19FN2O2/c17-14-6-2-5-13(11-14)16(21)19-9-7-18(8-10-19)15(20)12-3-1-4-12/h2,5-6,11-12H,1,3-4,7-10H2. The first kappa shape index (κ1) is 14.0. The average molecular weight is 290 g/mol. The monoisotopic (exact) mass is 290 g/mol. The smallest absolute Gasteiger partial charge is 0.254 e. The topological polar surface area (TPSA) is 40.6 Å². The van der Waals surface area contributed by atoms with Gasteiger partial charge in [-0.05, 0) is 31.0 Å². The quantitative estimate of drug-likeness (QED) is 0.835. The van der Waals surface area contributed by atoms with E-state index < -0.39 is 5.82 Å². The Kier molecular flexibility index (Phi) is 3.90. The average Bonchev–Trinajstić information content (AvgIpc) is 2.45. The van der Waals surface area contributed by atoms with Crippen LogP contribution in [0.15, 0.2) is 24.3 Å². The van der Waals surface area contributed by atoms with Crippen LogP contribution in [0.2, 0.25) is 0 Å². The Labute approximate surface area is 123 Å². The Hall–Kier alpha value is -1.91. The largest absolute Gasteiger partial charge is 0.339 e. The van der Waals surface area contributed by atoms with Crippen molar-refractivity contribution in [3.63, 3.8) is 0 Å². The van der Waals surface area contributed by atoms with E-state index in [1.165, 1.54) is 12.1 Å². The van der Waals surface area contributed by atoms with Crippen LogP contribution in [0.25, 0.3) is 0 Å². The Bertz CT molecular complexity index is 549. The van der Waals surface area contributed by atoms with Crippen LogP contribution in [0, 0.1) is 11.7 Å². The highest BCUT2D eigenvalue weighted by atomic mass is 19.1. The van der Waals surface area contributed by atoms with Crippen LogP contribution in [0.3, 0.4) is 0 Å². The number of hydrogen-bond donors (Lipinski definition) is 0. The molecule has 0 N–H and O–H groups in total. The van der Waals surface area contributed by atoms with Crippen LogP contribution in [0.5, 0.6) is 0 Å². The number of nitrogens with zero attached hydrogens (tertiary/aromatic N) is 2. The molecule has 1 aliphatic heterocycles. The van der Waals surface area contributed by atoms with Gasteiger partial charge in [-0.15, -0.1) is 0 Å². The third-order valence-electron chi connectivity index (χ3n) is 4.40. The van der Waals surface area contributed by atoms with Crippen molar-refractivity contribution in [3.8, 4) is 0 Å². The molecular formula is C16H19FN2O2. The molecule has 2 aliphatic rings. The summed E-state index contributed by atoms with van der Waals surface area (Å²) in [6, 6.07) is 5.75. The molecule has 0 bridgehead atoms. The van der Waals surface area contributed by atoms with Gasteiger partial charge in [0.25, 0.3) is 5.91 Å². The fraction of sp³-hybridized carbons (Fsp3) is 0.500. The lowest BCUT2D eigenvalue weighted by atomic mass is 9.84. The van der Waals surface area contributed by atoms with Gasteiger partial charge in [-0.1, -0.05) is 12.5 Å². The summed E-state index contributed by atoms with van der Waals surface area (Å²) in [6.45, 7) is 2.20. The van der Waals surface area contributed by atoms with Crippen LogP contribution in [-0.2, 0) is 4.79 Å². The molecule has 1 aromatic rings. The Morgan fingerprint density at radius 2 is 1.71 bits per heavy atom. The maximum absolute atomic E-state index is 13.2. The molecule has 1 heterocycles. The van der Waals surface area contributed by atoms with E-state index in [0.717, 1.165) is 19.3 Å². The second kappa shape index (κ2) is 5.84. The number of carbonyl (C=O) groups excluding carboxylic acids is 2. The summed E-state index contributed by atoms with van der Waals surface area (Å²) in [4.78, 5) is 28.0. The maximum atomic E-state index is 13.2. The molecular weight excluding hydrogens is 271 g/mol. The van der Waals surface area contributed by atoms with Crippen molar-refractivity contribution in [1.29, 1.82) is 0 Å². The molecule has 2 amide bonds. The summed E-state index contributed by atoms with van der Waals surface area (Å²) >= 11 is 0. The lowest BCUT2D eigenvalue weighted by Crippen LogP contribution is -2.52. The molecule has 1 aromatic carbocycles. The second-order valence-corrected chi connectivity index (χ2v) is 5.76. The Morgan fingerprint density at radius 1 is 1.05 bits per heavy atom. The highest BCUT2D eigenvalue weighted by molar-refractivity contribution is 5.94. The van der Waals surface area contributed by atoms with Crippen LogP contribution in [-0.4, -0.2) is 47.8 Å². The summed E-state index contributed by atoms with van der Waals surface area (Å²) in [5.74, 6) is -0.125. The summed E-state index contributed by atoms with van der Waals surface area (Å²) in [5, 5.41) is 0. The number of benzene rings is 1. The van der Waals surface area contributed by atoms with Crippen LogP contribution >= 0.6 is 0 Å². The SMILES string of the molecule is O=C(c1cccc(F)c1)N1CCN(C(=O)C2CCC2)CC1. The van der Waals surface area contributed by atoms with Gasteiger partial charge in [-0.25, -0.2) is 4.39 Å². The highest BCUT2D eigenvalue weighted by Crippen LogP contribution is 2.28. The van der Waals surface area contributed by atoms with Gasteiger partial charge in [-0.2, -0.15) is 0 Å². The first-order valence-corrected chi connectivity index (χ1v) is 7.49. The lowest BCUT2D eigenvalue weighted by molar-refractivity contribution is -0.139. The maximum Gasteiger partial charge on any atom is 0.254 e. The van der Waals surface area contributed by atoms with Crippen molar-refractivity contribution in [3.05, 3.63) is 35.6 Å². The molecule has 0 radical (unpaired) electrons. The summed E-state index contributed by atoms with van der Waals surface area (Å²) in [5.41, 5.74) is 0.369. The van der Waals surface area contributed by atoms with Crippen molar-refractivity contribution in [2.24, 2.45) is 5.92 Å². The second-order valence-electron chi connectivity index (χ2n) is 5.76. The molecule has 0 spiro atoms. The van der Waals surface area contributed by atoms with E-state index in [1.54, 1.807) is 17.0 Å². The van der Waals surface area contributed by atoms with Crippen LogP contribution in [0.1, 0.15) is 29.6 Å². The minimum Gasteiger partial charge on any atom is -0.339 e. The molecule has 112 valence electrons. The molecule has 21 heavy (non-hydrogen) atoms. The van der Waals surface area contributed by atoms with Gasteiger partial charge < -0.3 is 9.80 Å². The number of piperazine rings is 1. The fourth-order valence-corrected chi connectivity index (χ4v) is 2.85. The van der Waals surface area contributed by atoms with E-state index in [0.29, 0.717) is 31.7 Å². The predicted octanol–water partition coefficient (Wildman–Crippen LogP) is 1.91. The molecule has 0 aromatic heterocycles. The van der Waals surface area contributed by atoms with Gasteiger partial charge in [0.1, 0.15) is 5.82 Å². The molecule has 1 saturated heterocycles. The van der Waals surface area contributed by atoms with E-state index in [1.807, 2.05) is 4.90 Å². The molecule has 2 fully saturated rings. The Balaban J connectivity index is 1.57. The number of amides is 2. The van der Waals surface area contributed by atoms with E-state index >= 15 is 0 Å². The number of hydrogen-bond acceptors (Lipinski definition) is 2. The van der Waals surface area contributed by atoms with E-state index in [-0.39, 0.29) is 17.7 Å². The van der Waals surface area contributed by atoms with Gasteiger partial charge in [-0.3, -0.25) is 9.59 Å². The predicted molar refractivity (Wildman–Crippen MR) is 76.2 cm³/mol. The van der Waals surface area contributed by atoms with Gasteiger partial charge in [0.05, 0.1) is 0 Å². The van der Waals surface area contributed by atoms with Gasteiger partial charge in [0.2, 0.25) is 5.91 Å². The zero-order chi connectivity index (χ0) is 14.8. The van der Waals surface area contributed by atoms with Gasteiger partial charge in [0.15, 0.2) is 0 Å². The van der Waals surface area contributed by atoms with Crippen molar-refractivity contribution >= 4 is 11.8 Å². The van der Waals surface area contributed by atoms with E-state index in [2.05, 4.69) is 0 Å². The molecule has 0 atom stereocenters. The highest BCUT2D eigenvalue weighted by Gasteiger charge is 2.32. The molecule has 1 saturated carbocycles. The fourth-order valence-electron chi connectivity index (χ4n) is 2.85. The molecule has 1 aliphatic carbocycles. The van der Waals surface area contributed by atoms with E-state index in [4.69, 9.17) is 0 Å². The minimum absolute atomic E-state index is 0.162. The Morgan fingerprint density at radius 3 is 2.29 bits per heavy atom. The number of carbonyl (C=O) groups is 2. The number of rotatable bonds is 2. The molecule has 0 unspecified atom stereocenters. The third kappa shape index (κ3) is 2.91. The summed E-state index contributed by atoms with van der Waals surface area (Å²) < 4.78 is 13.2. The lowest BCUT2D eigenvalue weighted by Gasteiger charge is -2.38. The molecule has 3 rings (SSSR count). The zero-order valence-electron chi connectivity index (χ0n) is 11.9. The summed E-state index contributed by atoms with van der Waals surface area (Å²) in [7, 11) is 0. The molecule has 4 nitrogen and oxygen atoms in total. The van der Waals surface area contributed by atoms with Crippen molar-refractivity contribution < 1.29 is 14.0 Å². The van der Waals surface area contributed by atoms with Crippen molar-refractivity contribution in [2.45, 2.75) is 19.3 Å². The van der Waals surface area contributed by atoms with Gasteiger partial charge >= 0.3 is 0 Å². The van der Waals surface area contributed by atoms with Crippen LogP contribution < -0.4 is 0 Å². The third-order valence-corrected chi connectivity index (χ3v) is 4.40. The van der Waals surface area contributed by atoms with Crippen LogP contribution in [0.4, 0.5) is 4.39 Å². The number of halogens is 1. The first-order valence-electron chi connectivity index (χ1n) is 7.49. The van der Waals surface area contributed by atoms with Crippen molar-refractivity contribution in [2.75, 3.05) is 26.2 Å². The van der Waals surface area contributed by atoms with E-state index in [9.17, 15) is 14.0 Å². The normalized spacial score (nSPS) is 19.3. The summed E-state index contributed by atoms with van der Waals surface area (Å²) in [6.07, 6.45) is 3.15. The van der Waals surface area contributed by atoms with Gasteiger partial charge in [0, 0.05) is 37.7 Å². The molecule has 5 heteroatoms. The first-order chi connectivity index (χ1) is 10.1.